The van der Waals surface area contributed by atoms with Crippen LogP contribution in [0.5, 0.6) is 0 Å². The van der Waals surface area contributed by atoms with Crippen LogP contribution in [-0.2, 0) is 0 Å². The smallest absolute Gasteiger partial charge is 0.0703 e. The summed E-state index contributed by atoms with van der Waals surface area (Å²) < 4.78 is 2.67. The Labute approximate surface area is 213 Å². The van der Waals surface area contributed by atoms with E-state index in [1.807, 2.05) is 35.7 Å². The van der Waals surface area contributed by atoms with Crippen molar-refractivity contribution in [3.8, 4) is 22.4 Å². The summed E-state index contributed by atoms with van der Waals surface area (Å²) in [6.07, 6.45) is 1.91. The predicted octanol–water partition coefficient (Wildman–Crippen LogP) is 9.68. The topological polar surface area (TPSA) is 24.9 Å². The van der Waals surface area contributed by atoms with Crippen molar-refractivity contribution in [1.82, 2.24) is 4.98 Å². The van der Waals surface area contributed by atoms with Crippen molar-refractivity contribution in [3.63, 3.8) is 0 Å². The molecule has 0 amide bonds. The number of fused-ring (bicyclic) bond motifs is 4. The molecule has 0 atom stereocenters. The van der Waals surface area contributed by atoms with Crippen LogP contribution >= 0.6 is 11.3 Å². The molecule has 2 nitrogen and oxygen atoms in total. The standard InChI is InChI=1S/C33H22N2S/c1-2-9-22(10-3-1)30-19-17-23(21-34-30)35-31-20-18-25(24-11-4-5-12-26(24)31)28-14-8-15-29-27-13-6-7-16-32(27)36-33(28)29/h1-21,35H. The van der Waals surface area contributed by atoms with Crippen molar-refractivity contribution >= 4 is 53.7 Å². The number of nitrogens with zero attached hydrogens (tertiary/aromatic N) is 1. The van der Waals surface area contributed by atoms with Crippen LogP contribution in [0.3, 0.4) is 0 Å². The Balaban J connectivity index is 1.31. The second-order valence-electron chi connectivity index (χ2n) is 8.91. The fourth-order valence-corrected chi connectivity index (χ4v) is 6.24. The minimum atomic E-state index is 0.970. The van der Waals surface area contributed by atoms with Crippen LogP contribution in [0.25, 0.3) is 53.3 Å². The Kier molecular flexibility index (Phi) is 5.00. The average molecular weight is 479 g/mol. The molecule has 36 heavy (non-hydrogen) atoms. The number of aromatic nitrogens is 1. The number of pyridine rings is 1. The molecule has 2 aromatic heterocycles. The summed E-state index contributed by atoms with van der Waals surface area (Å²) >= 11 is 1.87. The second-order valence-corrected chi connectivity index (χ2v) is 9.96. The van der Waals surface area contributed by atoms with Gasteiger partial charge in [-0.1, -0.05) is 97.1 Å². The summed E-state index contributed by atoms with van der Waals surface area (Å²) in [4.78, 5) is 4.68. The molecule has 0 unspecified atom stereocenters. The van der Waals surface area contributed by atoms with Crippen LogP contribution < -0.4 is 5.32 Å². The molecular formula is C33H22N2S. The SMILES string of the molecule is c1ccc(-c2ccc(Nc3ccc(-c4cccc5c4sc4ccccc45)c4ccccc34)cn2)cc1. The molecule has 7 rings (SSSR count). The van der Waals surface area contributed by atoms with Gasteiger partial charge in [-0.2, -0.15) is 0 Å². The molecule has 7 aromatic rings. The maximum absolute atomic E-state index is 4.68. The summed E-state index contributed by atoms with van der Waals surface area (Å²) in [7, 11) is 0. The van der Waals surface area contributed by atoms with E-state index in [0.717, 1.165) is 22.6 Å². The highest BCUT2D eigenvalue weighted by molar-refractivity contribution is 7.26. The van der Waals surface area contributed by atoms with Crippen molar-refractivity contribution in [2.75, 3.05) is 5.32 Å². The zero-order valence-electron chi connectivity index (χ0n) is 19.5. The van der Waals surface area contributed by atoms with Gasteiger partial charge in [0.1, 0.15) is 0 Å². The molecule has 0 saturated carbocycles. The lowest BCUT2D eigenvalue weighted by molar-refractivity contribution is 1.32. The summed E-state index contributed by atoms with van der Waals surface area (Å²) in [5.74, 6) is 0. The van der Waals surface area contributed by atoms with E-state index in [1.54, 1.807) is 0 Å². The second kappa shape index (κ2) is 8.63. The Morgan fingerprint density at radius 3 is 2.11 bits per heavy atom. The molecule has 0 fully saturated rings. The van der Waals surface area contributed by atoms with Gasteiger partial charge in [-0.3, -0.25) is 4.98 Å². The van der Waals surface area contributed by atoms with Gasteiger partial charge in [0, 0.05) is 42.4 Å². The van der Waals surface area contributed by atoms with Gasteiger partial charge in [0.05, 0.1) is 17.6 Å². The lowest BCUT2D eigenvalue weighted by Crippen LogP contribution is -1.94. The molecule has 0 aliphatic rings. The third-order valence-corrected chi connectivity index (χ3v) is 7.95. The van der Waals surface area contributed by atoms with Crippen LogP contribution in [0.2, 0.25) is 0 Å². The molecule has 0 spiro atoms. The maximum atomic E-state index is 4.68. The van der Waals surface area contributed by atoms with E-state index in [4.69, 9.17) is 0 Å². The van der Waals surface area contributed by atoms with Gasteiger partial charge in [-0.15, -0.1) is 11.3 Å². The first-order valence-electron chi connectivity index (χ1n) is 12.1. The summed E-state index contributed by atoms with van der Waals surface area (Å²) in [6, 6.07) is 42.8. The normalized spacial score (nSPS) is 11.3. The van der Waals surface area contributed by atoms with Gasteiger partial charge in [0.15, 0.2) is 0 Å². The number of thiophene rings is 1. The number of anilines is 2. The van der Waals surface area contributed by atoms with Crippen molar-refractivity contribution in [3.05, 3.63) is 128 Å². The van der Waals surface area contributed by atoms with Gasteiger partial charge < -0.3 is 5.32 Å². The molecular weight excluding hydrogens is 456 g/mol. The van der Waals surface area contributed by atoms with Gasteiger partial charge in [-0.05, 0) is 35.2 Å². The van der Waals surface area contributed by atoms with Crippen molar-refractivity contribution in [2.45, 2.75) is 0 Å². The molecule has 0 aliphatic carbocycles. The van der Waals surface area contributed by atoms with Crippen molar-refractivity contribution < 1.29 is 0 Å². The Hall–Kier alpha value is -4.47. The first kappa shape index (κ1) is 20.9. The Morgan fingerprint density at radius 2 is 1.28 bits per heavy atom. The van der Waals surface area contributed by atoms with Crippen LogP contribution in [0.4, 0.5) is 11.4 Å². The number of rotatable bonds is 4. The predicted molar refractivity (Wildman–Crippen MR) is 155 cm³/mol. The number of nitrogens with one attached hydrogen (secondary N) is 1. The number of hydrogen-bond donors (Lipinski definition) is 1. The van der Waals surface area contributed by atoms with Crippen LogP contribution in [-0.4, -0.2) is 4.98 Å². The van der Waals surface area contributed by atoms with E-state index in [9.17, 15) is 0 Å². The van der Waals surface area contributed by atoms with Crippen LogP contribution in [0, 0.1) is 0 Å². The summed E-state index contributed by atoms with van der Waals surface area (Å²) in [5, 5.41) is 8.69. The number of benzene rings is 5. The van der Waals surface area contributed by atoms with E-state index in [2.05, 4.69) is 113 Å². The average Bonchev–Trinajstić information content (AvgIpc) is 3.33. The van der Waals surface area contributed by atoms with E-state index >= 15 is 0 Å². The van der Waals surface area contributed by atoms with Crippen LogP contribution in [0.15, 0.2) is 128 Å². The molecule has 1 N–H and O–H groups in total. The minimum Gasteiger partial charge on any atom is -0.354 e. The largest absolute Gasteiger partial charge is 0.354 e. The molecule has 3 heteroatoms. The fourth-order valence-electron chi connectivity index (χ4n) is 5.01. The number of hydrogen-bond acceptors (Lipinski definition) is 3. The monoisotopic (exact) mass is 478 g/mol. The molecule has 2 heterocycles. The lowest BCUT2D eigenvalue weighted by Gasteiger charge is -2.14. The summed E-state index contributed by atoms with van der Waals surface area (Å²) in [6.45, 7) is 0. The molecule has 170 valence electrons. The highest BCUT2D eigenvalue weighted by Crippen LogP contribution is 2.42. The summed E-state index contributed by atoms with van der Waals surface area (Å²) in [5.41, 5.74) is 6.68. The third-order valence-electron chi connectivity index (χ3n) is 6.73. The van der Waals surface area contributed by atoms with Gasteiger partial charge >= 0.3 is 0 Å². The zero-order valence-corrected chi connectivity index (χ0v) is 20.3. The molecule has 0 bridgehead atoms. The van der Waals surface area contributed by atoms with Crippen molar-refractivity contribution in [1.29, 1.82) is 0 Å². The van der Waals surface area contributed by atoms with E-state index < -0.39 is 0 Å². The van der Waals surface area contributed by atoms with E-state index in [1.165, 1.54) is 42.1 Å². The first-order valence-corrected chi connectivity index (χ1v) is 12.9. The fraction of sp³-hybridized carbons (Fsp3) is 0. The van der Waals surface area contributed by atoms with Gasteiger partial charge in [0.2, 0.25) is 0 Å². The maximum Gasteiger partial charge on any atom is 0.0703 e. The third kappa shape index (κ3) is 3.53. The highest BCUT2D eigenvalue weighted by atomic mass is 32.1. The minimum absolute atomic E-state index is 0.970. The van der Waals surface area contributed by atoms with Gasteiger partial charge in [-0.25, -0.2) is 0 Å². The van der Waals surface area contributed by atoms with Gasteiger partial charge in [0.25, 0.3) is 0 Å². The Morgan fingerprint density at radius 1 is 0.528 bits per heavy atom. The quantitative estimate of drug-likeness (QED) is 0.272. The zero-order chi connectivity index (χ0) is 23.9. The highest BCUT2D eigenvalue weighted by Gasteiger charge is 2.14. The molecule has 5 aromatic carbocycles. The molecule has 0 saturated heterocycles. The molecule has 0 radical (unpaired) electrons. The first-order chi connectivity index (χ1) is 17.8. The van der Waals surface area contributed by atoms with Crippen LogP contribution in [0.1, 0.15) is 0 Å². The Bertz CT molecular complexity index is 1850. The van der Waals surface area contributed by atoms with E-state index in [-0.39, 0.29) is 0 Å². The molecule has 0 aliphatic heterocycles. The lowest BCUT2D eigenvalue weighted by atomic mass is 9.96. The van der Waals surface area contributed by atoms with E-state index in [0.29, 0.717) is 0 Å². The van der Waals surface area contributed by atoms with Crippen molar-refractivity contribution in [2.24, 2.45) is 0 Å².